The molecule has 2 aromatic carbocycles. The van der Waals surface area contributed by atoms with Gasteiger partial charge < -0.3 is 28.9 Å². The first-order chi connectivity index (χ1) is 18.7. The summed E-state index contributed by atoms with van der Waals surface area (Å²) in [6.45, 7) is 13.4. The maximum Gasteiger partial charge on any atom is 0.242 e. The van der Waals surface area contributed by atoms with Gasteiger partial charge in [0.2, 0.25) is 11.8 Å². The van der Waals surface area contributed by atoms with Crippen LogP contribution in [-0.2, 0) is 19.1 Å². The fourth-order valence-corrected chi connectivity index (χ4v) is 4.80. The van der Waals surface area contributed by atoms with E-state index in [1.54, 1.807) is 4.90 Å². The molecule has 2 fully saturated rings. The molecule has 8 heteroatoms. The Labute approximate surface area is 233 Å². The van der Waals surface area contributed by atoms with Crippen molar-refractivity contribution in [1.82, 2.24) is 9.80 Å². The summed E-state index contributed by atoms with van der Waals surface area (Å²) < 4.78 is 17.6. The minimum atomic E-state index is -0.516. The van der Waals surface area contributed by atoms with Gasteiger partial charge in [0, 0.05) is 58.7 Å². The molecule has 0 radical (unpaired) electrons. The standard InChI is InChI=1S/C28H37N3O5.C3H8/c1-21-7-5-6-8-26(21)36-24-9-10-25(22(2)19-24)29(4)15-16-31(23(3)32)20-27(33)30-13-11-28(12-14-30)34-17-18-35-28;1-3-2/h5-10,19H,11-18,20H2,1-4H3;3H2,1-2H3. The van der Waals surface area contributed by atoms with Gasteiger partial charge in [0.1, 0.15) is 11.5 Å². The van der Waals surface area contributed by atoms with Crippen molar-refractivity contribution in [2.45, 2.75) is 59.7 Å². The Hall–Kier alpha value is -3.10. The largest absolute Gasteiger partial charge is 0.457 e. The Balaban J connectivity index is 0.00000134. The average Bonchev–Trinajstić information content (AvgIpc) is 3.36. The molecule has 214 valence electrons. The van der Waals surface area contributed by atoms with Crippen molar-refractivity contribution in [2.24, 2.45) is 0 Å². The van der Waals surface area contributed by atoms with Crippen molar-refractivity contribution in [2.75, 3.05) is 57.9 Å². The van der Waals surface area contributed by atoms with E-state index in [1.165, 1.54) is 13.3 Å². The molecule has 2 aliphatic rings. The summed E-state index contributed by atoms with van der Waals surface area (Å²) >= 11 is 0. The number of amides is 2. The van der Waals surface area contributed by atoms with Crippen LogP contribution in [0.15, 0.2) is 42.5 Å². The summed E-state index contributed by atoms with van der Waals surface area (Å²) in [4.78, 5) is 30.8. The lowest BCUT2D eigenvalue weighted by Crippen LogP contribution is -2.51. The summed E-state index contributed by atoms with van der Waals surface area (Å²) in [5, 5.41) is 0. The first-order valence-corrected chi connectivity index (χ1v) is 14.0. The van der Waals surface area contributed by atoms with E-state index in [0.717, 1.165) is 28.3 Å². The number of carbonyl (C=O) groups excluding carboxylic acids is 2. The van der Waals surface area contributed by atoms with Gasteiger partial charge >= 0.3 is 0 Å². The fourth-order valence-electron chi connectivity index (χ4n) is 4.80. The molecule has 4 rings (SSSR count). The van der Waals surface area contributed by atoms with Gasteiger partial charge in [-0.1, -0.05) is 38.5 Å². The van der Waals surface area contributed by atoms with Crippen LogP contribution in [0.5, 0.6) is 11.5 Å². The van der Waals surface area contributed by atoms with E-state index >= 15 is 0 Å². The van der Waals surface area contributed by atoms with Crippen molar-refractivity contribution in [3.63, 3.8) is 0 Å². The van der Waals surface area contributed by atoms with Gasteiger partial charge in [-0.25, -0.2) is 0 Å². The topological polar surface area (TPSA) is 71.6 Å². The zero-order chi connectivity index (χ0) is 28.4. The fraction of sp³-hybridized carbons (Fsp3) is 0.548. The highest BCUT2D eigenvalue weighted by molar-refractivity contribution is 5.84. The minimum absolute atomic E-state index is 0.0328. The van der Waals surface area contributed by atoms with E-state index < -0.39 is 5.79 Å². The molecular formula is C31H45N3O5. The second-order valence-electron chi connectivity index (χ2n) is 10.4. The van der Waals surface area contributed by atoms with Crippen LogP contribution in [0.1, 0.15) is 51.2 Å². The first kappa shape index (κ1) is 30.4. The predicted molar refractivity (Wildman–Crippen MR) is 154 cm³/mol. The molecule has 0 bridgehead atoms. The van der Waals surface area contributed by atoms with Crippen LogP contribution in [0, 0.1) is 13.8 Å². The van der Waals surface area contributed by atoms with Crippen molar-refractivity contribution in [3.8, 4) is 11.5 Å². The van der Waals surface area contributed by atoms with E-state index in [9.17, 15) is 9.59 Å². The number of nitrogens with zero attached hydrogens (tertiary/aromatic N) is 3. The smallest absolute Gasteiger partial charge is 0.242 e. The number of aryl methyl sites for hydroxylation is 2. The molecule has 0 atom stereocenters. The van der Waals surface area contributed by atoms with Gasteiger partial charge in [0.25, 0.3) is 0 Å². The lowest BCUT2D eigenvalue weighted by Gasteiger charge is -2.38. The highest BCUT2D eigenvalue weighted by Gasteiger charge is 2.40. The molecular weight excluding hydrogens is 494 g/mol. The molecule has 39 heavy (non-hydrogen) atoms. The molecule has 0 N–H and O–H groups in total. The number of hydrogen-bond acceptors (Lipinski definition) is 6. The van der Waals surface area contributed by atoms with E-state index in [4.69, 9.17) is 14.2 Å². The number of rotatable bonds is 8. The Kier molecular flexibility index (Phi) is 11.2. The van der Waals surface area contributed by atoms with Crippen LogP contribution in [-0.4, -0.2) is 80.4 Å². The summed E-state index contributed by atoms with van der Waals surface area (Å²) in [5.41, 5.74) is 3.21. The maximum atomic E-state index is 12.9. The van der Waals surface area contributed by atoms with E-state index in [-0.39, 0.29) is 18.4 Å². The van der Waals surface area contributed by atoms with E-state index in [2.05, 4.69) is 18.7 Å². The quantitative estimate of drug-likeness (QED) is 0.461. The summed E-state index contributed by atoms with van der Waals surface area (Å²) in [6, 6.07) is 13.9. The maximum absolute atomic E-state index is 12.9. The number of para-hydroxylation sites is 1. The predicted octanol–water partition coefficient (Wildman–Crippen LogP) is 5.16. The number of piperidine rings is 1. The molecule has 2 amide bonds. The number of hydrogen-bond donors (Lipinski definition) is 0. The van der Waals surface area contributed by atoms with Crippen molar-refractivity contribution in [3.05, 3.63) is 53.6 Å². The Bertz CT molecular complexity index is 1090. The summed E-state index contributed by atoms with van der Waals surface area (Å²) in [5.74, 6) is 0.970. The second-order valence-corrected chi connectivity index (χ2v) is 10.4. The highest BCUT2D eigenvalue weighted by Crippen LogP contribution is 2.31. The molecule has 1 spiro atoms. The third-order valence-corrected chi connectivity index (χ3v) is 7.07. The molecule has 2 aliphatic heterocycles. The number of benzene rings is 2. The molecule has 8 nitrogen and oxygen atoms in total. The zero-order valence-corrected chi connectivity index (χ0v) is 24.5. The van der Waals surface area contributed by atoms with Gasteiger partial charge in [0.05, 0.1) is 19.8 Å². The number of likely N-dealkylation sites (N-methyl/N-ethyl adjacent to an activating group) is 1. The molecule has 2 heterocycles. The lowest BCUT2D eigenvalue weighted by atomic mass is 10.0. The third kappa shape index (κ3) is 8.44. The highest BCUT2D eigenvalue weighted by atomic mass is 16.7. The van der Waals surface area contributed by atoms with Gasteiger partial charge in [-0.15, -0.1) is 0 Å². The average molecular weight is 540 g/mol. The normalized spacial score (nSPS) is 15.9. The molecule has 0 aliphatic carbocycles. The van der Waals surface area contributed by atoms with E-state index in [0.29, 0.717) is 52.2 Å². The minimum Gasteiger partial charge on any atom is -0.457 e. The van der Waals surface area contributed by atoms with Crippen molar-refractivity contribution < 1.29 is 23.8 Å². The zero-order valence-electron chi connectivity index (χ0n) is 24.5. The van der Waals surface area contributed by atoms with Crippen LogP contribution >= 0.6 is 0 Å². The van der Waals surface area contributed by atoms with Crippen LogP contribution in [0.25, 0.3) is 0 Å². The SMILES string of the molecule is CC(=O)N(CCN(C)c1ccc(Oc2ccccc2C)cc1C)CC(=O)N1CCC2(CC1)OCCO2.CCC. The van der Waals surface area contributed by atoms with Crippen LogP contribution in [0.2, 0.25) is 0 Å². The Morgan fingerprint density at radius 1 is 0.974 bits per heavy atom. The molecule has 0 unspecified atom stereocenters. The number of anilines is 1. The Morgan fingerprint density at radius 2 is 1.62 bits per heavy atom. The van der Waals surface area contributed by atoms with Crippen LogP contribution in [0.3, 0.4) is 0 Å². The molecule has 2 aromatic rings. The molecule has 2 saturated heterocycles. The number of likely N-dealkylation sites (tertiary alicyclic amines) is 1. The molecule has 0 aromatic heterocycles. The number of carbonyl (C=O) groups is 2. The van der Waals surface area contributed by atoms with Gasteiger partial charge in [-0.2, -0.15) is 0 Å². The van der Waals surface area contributed by atoms with Gasteiger partial charge in [0.15, 0.2) is 5.79 Å². The summed E-state index contributed by atoms with van der Waals surface area (Å²) in [7, 11) is 2.00. The van der Waals surface area contributed by atoms with Gasteiger partial charge in [-0.3, -0.25) is 9.59 Å². The molecule has 0 saturated carbocycles. The van der Waals surface area contributed by atoms with Crippen LogP contribution < -0.4 is 9.64 Å². The Morgan fingerprint density at radius 3 is 2.21 bits per heavy atom. The van der Waals surface area contributed by atoms with Gasteiger partial charge in [-0.05, 0) is 49.2 Å². The summed E-state index contributed by atoms with van der Waals surface area (Å²) in [6.07, 6.45) is 2.59. The lowest BCUT2D eigenvalue weighted by molar-refractivity contribution is -0.187. The van der Waals surface area contributed by atoms with Crippen molar-refractivity contribution in [1.29, 1.82) is 0 Å². The monoisotopic (exact) mass is 539 g/mol. The van der Waals surface area contributed by atoms with E-state index in [1.807, 2.05) is 68.3 Å². The van der Waals surface area contributed by atoms with Crippen molar-refractivity contribution >= 4 is 17.5 Å². The number of ether oxygens (including phenoxy) is 3. The third-order valence-electron chi connectivity index (χ3n) is 7.07. The second kappa shape index (κ2) is 14.3. The first-order valence-electron chi connectivity index (χ1n) is 14.0. The van der Waals surface area contributed by atoms with Crippen LogP contribution in [0.4, 0.5) is 5.69 Å².